The van der Waals surface area contributed by atoms with Crippen molar-refractivity contribution in [1.82, 2.24) is 0 Å². The molecule has 0 aromatic heterocycles. The normalized spacial score (nSPS) is 15.5. The van der Waals surface area contributed by atoms with E-state index in [4.69, 9.17) is 18.9 Å². The zero-order valence-electron chi connectivity index (χ0n) is 21.9. The summed E-state index contributed by atoms with van der Waals surface area (Å²) in [6.07, 6.45) is 6.14. The second-order valence-electron chi connectivity index (χ2n) is 9.74. The first-order valence-corrected chi connectivity index (χ1v) is 14.5. The van der Waals surface area contributed by atoms with Crippen molar-refractivity contribution in [2.45, 2.75) is 44.6 Å². The van der Waals surface area contributed by atoms with Gasteiger partial charge in [0.25, 0.3) is 0 Å². The summed E-state index contributed by atoms with van der Waals surface area (Å²) in [7, 11) is 1.39. The summed E-state index contributed by atoms with van der Waals surface area (Å²) in [6, 6.07) is 15.4. The standard InChI is InChI=1S/C31H33FO5S/c1-34-31(33)16-22-18-37-30-17-25(8-10-27(22)30)36-19-23-14-28-21(15-29(23)32)6-3-5-20-13-24(7-9-26(20)28)35-11-4-12-38-2/h7-10,13-15,17,22H,3-6,11-12,16,18-19H2,1-2H3. The molecule has 200 valence electrons. The number of esters is 1. The van der Waals surface area contributed by atoms with Gasteiger partial charge in [-0.3, -0.25) is 4.79 Å². The van der Waals surface area contributed by atoms with E-state index in [1.54, 1.807) is 6.07 Å². The Morgan fingerprint density at radius 1 is 1.03 bits per heavy atom. The fraction of sp³-hybridized carbons (Fsp3) is 0.387. The molecule has 1 aliphatic carbocycles. The van der Waals surface area contributed by atoms with Crippen LogP contribution in [0.3, 0.4) is 0 Å². The number of hydrogen-bond acceptors (Lipinski definition) is 6. The second-order valence-corrected chi connectivity index (χ2v) is 10.7. The number of rotatable bonds is 10. The second kappa shape index (κ2) is 12.1. The highest BCUT2D eigenvalue weighted by atomic mass is 32.2. The van der Waals surface area contributed by atoms with Crippen LogP contribution in [-0.2, 0) is 29.0 Å². The van der Waals surface area contributed by atoms with Gasteiger partial charge in [-0.15, -0.1) is 0 Å². The van der Waals surface area contributed by atoms with Crippen molar-refractivity contribution in [3.8, 4) is 28.4 Å². The minimum atomic E-state index is -0.262. The van der Waals surface area contributed by atoms with E-state index >= 15 is 4.39 Å². The average molecular weight is 537 g/mol. The first-order valence-electron chi connectivity index (χ1n) is 13.1. The number of carbonyl (C=O) groups is 1. The first-order chi connectivity index (χ1) is 18.6. The molecule has 1 unspecified atom stereocenters. The van der Waals surface area contributed by atoms with Crippen molar-refractivity contribution in [3.05, 3.63) is 76.6 Å². The highest BCUT2D eigenvalue weighted by Gasteiger charge is 2.27. The van der Waals surface area contributed by atoms with Gasteiger partial charge in [-0.05, 0) is 90.3 Å². The van der Waals surface area contributed by atoms with E-state index in [-0.39, 0.29) is 30.7 Å². The Balaban J connectivity index is 1.31. The fourth-order valence-corrected chi connectivity index (χ4v) is 5.59. The molecular formula is C31H33FO5S. The molecule has 5 rings (SSSR count). The zero-order chi connectivity index (χ0) is 26.5. The molecule has 1 heterocycles. The smallest absolute Gasteiger partial charge is 0.306 e. The molecule has 38 heavy (non-hydrogen) atoms. The van der Waals surface area contributed by atoms with E-state index < -0.39 is 0 Å². The summed E-state index contributed by atoms with van der Waals surface area (Å²) in [5.74, 6) is 2.72. The molecule has 7 heteroatoms. The SMILES string of the molecule is COC(=O)CC1COc2cc(OCc3cc4c(cc3F)CCCc3cc(OCCCSC)ccc3-4)ccc21. The number of thioether (sulfide) groups is 1. The van der Waals surface area contributed by atoms with Crippen molar-refractivity contribution in [2.24, 2.45) is 0 Å². The molecule has 0 fully saturated rings. The largest absolute Gasteiger partial charge is 0.494 e. The van der Waals surface area contributed by atoms with Crippen LogP contribution in [0.4, 0.5) is 4.39 Å². The van der Waals surface area contributed by atoms with Gasteiger partial charge in [0.1, 0.15) is 29.7 Å². The van der Waals surface area contributed by atoms with E-state index in [1.807, 2.05) is 42.1 Å². The predicted octanol–water partition coefficient (Wildman–Crippen LogP) is 6.73. The molecule has 5 nitrogen and oxygen atoms in total. The van der Waals surface area contributed by atoms with Crippen LogP contribution in [0, 0.1) is 5.82 Å². The van der Waals surface area contributed by atoms with Crippen molar-refractivity contribution >= 4 is 17.7 Å². The first kappa shape index (κ1) is 26.4. The van der Waals surface area contributed by atoms with Gasteiger partial charge < -0.3 is 18.9 Å². The van der Waals surface area contributed by atoms with Crippen LogP contribution in [0.1, 0.15) is 47.4 Å². The van der Waals surface area contributed by atoms with Crippen LogP contribution in [-0.4, -0.2) is 38.3 Å². The Bertz CT molecular complexity index is 1310. The number of benzene rings is 3. The van der Waals surface area contributed by atoms with Gasteiger partial charge in [-0.2, -0.15) is 11.8 Å². The fourth-order valence-electron chi connectivity index (χ4n) is 5.18. The predicted molar refractivity (Wildman–Crippen MR) is 148 cm³/mol. The Labute approximate surface area is 227 Å². The molecule has 2 aliphatic rings. The quantitative estimate of drug-likeness (QED) is 0.212. The summed E-state index contributed by atoms with van der Waals surface area (Å²) in [5, 5.41) is 0. The Hall–Kier alpha value is -3.19. The van der Waals surface area contributed by atoms with E-state index in [1.165, 1.54) is 12.7 Å². The highest BCUT2D eigenvalue weighted by Crippen LogP contribution is 2.39. The topological polar surface area (TPSA) is 54.0 Å². The van der Waals surface area contributed by atoms with Crippen molar-refractivity contribution < 1.29 is 28.1 Å². The number of carbonyl (C=O) groups excluding carboxylic acids is 1. The van der Waals surface area contributed by atoms with Crippen LogP contribution in [0.2, 0.25) is 0 Å². The molecule has 0 saturated heterocycles. The third kappa shape index (κ3) is 5.93. The van der Waals surface area contributed by atoms with Crippen molar-refractivity contribution in [3.63, 3.8) is 0 Å². The average Bonchev–Trinajstić information content (AvgIpc) is 3.23. The maximum atomic E-state index is 15.1. The summed E-state index contributed by atoms with van der Waals surface area (Å²) >= 11 is 1.82. The van der Waals surface area contributed by atoms with Gasteiger partial charge in [-0.25, -0.2) is 4.39 Å². The Kier molecular flexibility index (Phi) is 8.42. The highest BCUT2D eigenvalue weighted by molar-refractivity contribution is 7.98. The molecule has 1 atom stereocenters. The zero-order valence-corrected chi connectivity index (χ0v) is 22.7. The lowest BCUT2D eigenvalue weighted by molar-refractivity contribution is -0.141. The van der Waals surface area contributed by atoms with Crippen LogP contribution in [0.25, 0.3) is 11.1 Å². The summed E-state index contributed by atoms with van der Waals surface area (Å²) in [5.41, 5.74) is 5.94. The van der Waals surface area contributed by atoms with Gasteiger partial charge in [0, 0.05) is 23.1 Å². The van der Waals surface area contributed by atoms with Crippen molar-refractivity contribution in [1.29, 1.82) is 0 Å². The maximum Gasteiger partial charge on any atom is 0.306 e. The number of fused-ring (bicyclic) bond motifs is 4. The molecular weight excluding hydrogens is 503 g/mol. The number of hydrogen-bond donors (Lipinski definition) is 0. The molecule has 0 N–H and O–H groups in total. The summed E-state index contributed by atoms with van der Waals surface area (Å²) in [6.45, 7) is 1.25. The van der Waals surface area contributed by atoms with Crippen LogP contribution >= 0.6 is 11.8 Å². The molecule has 0 radical (unpaired) electrons. The van der Waals surface area contributed by atoms with Crippen LogP contribution in [0.5, 0.6) is 17.2 Å². The minimum Gasteiger partial charge on any atom is -0.494 e. The molecule has 0 spiro atoms. The summed E-state index contributed by atoms with van der Waals surface area (Å²) < 4.78 is 37.6. The number of methoxy groups -OCH3 is 1. The number of ether oxygens (including phenoxy) is 4. The lowest BCUT2D eigenvalue weighted by atomic mass is 9.94. The molecule has 3 aromatic carbocycles. The van der Waals surface area contributed by atoms with E-state index in [9.17, 15) is 4.79 Å². The number of halogens is 1. The lowest BCUT2D eigenvalue weighted by Crippen LogP contribution is -2.09. The van der Waals surface area contributed by atoms with Crippen LogP contribution < -0.4 is 14.2 Å². The number of aryl methyl sites for hydroxylation is 2. The van der Waals surface area contributed by atoms with Gasteiger partial charge in [-0.1, -0.05) is 12.1 Å². The van der Waals surface area contributed by atoms with Gasteiger partial charge in [0.05, 0.1) is 26.7 Å². The lowest BCUT2D eigenvalue weighted by Gasteiger charge is -2.15. The molecule has 1 aliphatic heterocycles. The van der Waals surface area contributed by atoms with Crippen LogP contribution in [0.15, 0.2) is 48.5 Å². The van der Waals surface area contributed by atoms with E-state index in [2.05, 4.69) is 18.4 Å². The van der Waals surface area contributed by atoms with Gasteiger partial charge in [0.2, 0.25) is 0 Å². The summed E-state index contributed by atoms with van der Waals surface area (Å²) in [4.78, 5) is 11.7. The Morgan fingerprint density at radius 2 is 1.82 bits per heavy atom. The van der Waals surface area contributed by atoms with E-state index in [0.717, 1.165) is 59.4 Å². The molecule has 0 bridgehead atoms. The van der Waals surface area contributed by atoms with Gasteiger partial charge >= 0.3 is 5.97 Å². The monoisotopic (exact) mass is 536 g/mol. The maximum absolute atomic E-state index is 15.1. The van der Waals surface area contributed by atoms with Crippen molar-refractivity contribution in [2.75, 3.05) is 32.3 Å². The van der Waals surface area contributed by atoms with Gasteiger partial charge in [0.15, 0.2) is 0 Å². The minimum absolute atomic E-state index is 0.0325. The third-order valence-corrected chi connectivity index (χ3v) is 7.89. The third-order valence-electron chi connectivity index (χ3n) is 7.19. The Morgan fingerprint density at radius 3 is 2.63 bits per heavy atom. The molecule has 3 aromatic rings. The van der Waals surface area contributed by atoms with E-state index in [0.29, 0.717) is 30.3 Å². The molecule has 0 amide bonds. The molecule has 0 saturated carbocycles.